The van der Waals surface area contributed by atoms with Crippen LogP contribution in [-0.2, 0) is 5.60 Å². The Morgan fingerprint density at radius 2 is 1.41 bits per heavy atom. The molecule has 0 radical (unpaired) electrons. The van der Waals surface area contributed by atoms with Crippen LogP contribution < -0.4 is 0 Å². The fraction of sp³-hybridized carbons (Fsp3) is 0.538. The van der Waals surface area contributed by atoms with Crippen LogP contribution in [0.4, 0.5) is 0 Å². The molecule has 0 bridgehead atoms. The number of likely N-dealkylation sites (tertiary alicyclic amines) is 1. The smallest absolute Gasteiger partial charge is 0.130 e. The summed E-state index contributed by atoms with van der Waals surface area (Å²) < 4.78 is 1.19. The van der Waals surface area contributed by atoms with Gasteiger partial charge in [0.2, 0.25) is 0 Å². The lowest BCUT2D eigenvalue weighted by molar-refractivity contribution is -0.923. The first kappa shape index (κ1) is 22.0. The van der Waals surface area contributed by atoms with Crippen molar-refractivity contribution in [2.45, 2.75) is 51.7 Å². The maximum atomic E-state index is 12.2. The van der Waals surface area contributed by atoms with Gasteiger partial charge in [-0.15, -0.1) is 0 Å². The third-order valence-corrected chi connectivity index (χ3v) is 7.36. The van der Waals surface area contributed by atoms with Crippen LogP contribution in [0.25, 0.3) is 0 Å². The second-order valence-electron chi connectivity index (χ2n) is 8.56. The first-order valence-corrected chi connectivity index (χ1v) is 11.5. The third kappa shape index (κ3) is 4.58. The minimum Gasteiger partial charge on any atom is -0.379 e. The lowest BCUT2D eigenvalue weighted by Gasteiger charge is -2.41. The van der Waals surface area contributed by atoms with Crippen molar-refractivity contribution in [2.75, 3.05) is 39.3 Å². The fourth-order valence-corrected chi connectivity index (χ4v) is 5.26. The standard InChI is InChI=1S/C26H39N2O/c1-4-28(5-2,6-3)22-14-21-27-20-13-19-25(27)26(29,23-15-9-7-10-16-23)24-17-11-8-12-18-24/h7-12,15-18,25,29H,4-6,13-14,19-22H2,1-3H3/q+1/t25-/m0/s1. The minimum atomic E-state index is -0.967. The van der Waals surface area contributed by atoms with E-state index in [9.17, 15) is 5.11 Å². The van der Waals surface area contributed by atoms with E-state index in [-0.39, 0.29) is 6.04 Å². The number of nitrogens with zero attached hydrogens (tertiary/aromatic N) is 2. The minimum absolute atomic E-state index is 0.124. The average molecular weight is 396 g/mol. The fourth-order valence-electron chi connectivity index (χ4n) is 5.26. The van der Waals surface area contributed by atoms with Gasteiger partial charge < -0.3 is 9.59 Å². The van der Waals surface area contributed by atoms with Gasteiger partial charge in [0, 0.05) is 19.0 Å². The highest BCUT2D eigenvalue weighted by atomic mass is 16.3. The quantitative estimate of drug-likeness (QED) is 0.592. The van der Waals surface area contributed by atoms with Crippen LogP contribution in [0.1, 0.15) is 51.2 Å². The molecule has 0 unspecified atom stereocenters. The molecule has 2 aromatic rings. The van der Waals surface area contributed by atoms with Crippen molar-refractivity contribution >= 4 is 0 Å². The topological polar surface area (TPSA) is 23.5 Å². The average Bonchev–Trinajstić information content (AvgIpc) is 3.27. The summed E-state index contributed by atoms with van der Waals surface area (Å²) in [6.45, 7) is 13.9. The normalized spacial score (nSPS) is 18.3. The summed E-state index contributed by atoms with van der Waals surface area (Å²) in [7, 11) is 0. The molecule has 1 fully saturated rings. The molecule has 2 aromatic carbocycles. The Morgan fingerprint density at radius 3 is 1.90 bits per heavy atom. The number of rotatable bonds is 10. The monoisotopic (exact) mass is 395 g/mol. The van der Waals surface area contributed by atoms with E-state index in [1.54, 1.807) is 0 Å². The van der Waals surface area contributed by atoms with E-state index < -0.39 is 5.60 Å². The molecule has 3 nitrogen and oxygen atoms in total. The number of hydrogen-bond donors (Lipinski definition) is 1. The molecule has 0 spiro atoms. The first-order chi connectivity index (χ1) is 14.1. The lowest BCUT2D eigenvalue weighted by atomic mass is 9.79. The Kier molecular flexibility index (Phi) is 7.50. The largest absolute Gasteiger partial charge is 0.379 e. The second-order valence-corrected chi connectivity index (χ2v) is 8.56. The SMILES string of the molecule is CC[N+](CC)(CC)CCCN1CCC[C@H]1C(O)(c1ccccc1)c1ccccc1. The molecule has 1 atom stereocenters. The summed E-state index contributed by atoms with van der Waals surface area (Å²) in [6.07, 6.45) is 3.38. The van der Waals surface area contributed by atoms with E-state index in [1.807, 2.05) is 36.4 Å². The molecule has 3 rings (SSSR count). The summed E-state index contributed by atoms with van der Waals surface area (Å²) in [4.78, 5) is 2.55. The Bertz CT molecular complexity index is 679. The van der Waals surface area contributed by atoms with Crippen LogP contribution in [0.15, 0.2) is 60.7 Å². The van der Waals surface area contributed by atoms with Crippen LogP contribution in [0.3, 0.4) is 0 Å². The summed E-state index contributed by atoms with van der Waals surface area (Å²) in [6, 6.07) is 20.7. The van der Waals surface area contributed by atoms with Crippen LogP contribution >= 0.6 is 0 Å². The molecule has 1 heterocycles. The first-order valence-electron chi connectivity index (χ1n) is 11.5. The van der Waals surface area contributed by atoms with Crippen LogP contribution in [0.2, 0.25) is 0 Å². The van der Waals surface area contributed by atoms with E-state index in [1.165, 1.54) is 37.1 Å². The van der Waals surface area contributed by atoms with Gasteiger partial charge >= 0.3 is 0 Å². The molecule has 0 saturated carbocycles. The van der Waals surface area contributed by atoms with Gasteiger partial charge in [0.05, 0.1) is 26.2 Å². The van der Waals surface area contributed by atoms with Gasteiger partial charge in [0.25, 0.3) is 0 Å². The molecule has 0 aliphatic carbocycles. The highest BCUT2D eigenvalue weighted by molar-refractivity contribution is 5.38. The molecule has 1 saturated heterocycles. The summed E-state index contributed by atoms with van der Waals surface area (Å²) in [5.41, 5.74) is 1.04. The second kappa shape index (κ2) is 9.88. The van der Waals surface area contributed by atoms with Gasteiger partial charge in [-0.1, -0.05) is 60.7 Å². The summed E-state index contributed by atoms with van der Waals surface area (Å²) >= 11 is 0. The van der Waals surface area contributed by atoms with Gasteiger partial charge in [-0.05, 0) is 51.3 Å². The highest BCUT2D eigenvalue weighted by Gasteiger charge is 2.45. The zero-order chi connectivity index (χ0) is 20.7. The molecule has 0 aromatic heterocycles. The number of benzene rings is 2. The number of aliphatic hydroxyl groups is 1. The van der Waals surface area contributed by atoms with Gasteiger partial charge in [-0.25, -0.2) is 0 Å². The Labute approximate surface area is 177 Å². The van der Waals surface area contributed by atoms with Crippen LogP contribution in [-0.4, -0.2) is 59.8 Å². The van der Waals surface area contributed by atoms with Crippen molar-refractivity contribution in [1.82, 2.24) is 4.90 Å². The zero-order valence-corrected chi connectivity index (χ0v) is 18.6. The van der Waals surface area contributed by atoms with Gasteiger partial charge in [0.1, 0.15) is 5.60 Å². The molecule has 1 N–H and O–H groups in total. The van der Waals surface area contributed by atoms with Crippen molar-refractivity contribution in [3.05, 3.63) is 71.8 Å². The predicted molar refractivity (Wildman–Crippen MR) is 122 cm³/mol. The molecule has 29 heavy (non-hydrogen) atoms. The summed E-state index contributed by atoms with van der Waals surface area (Å²) in [5.74, 6) is 0. The van der Waals surface area contributed by atoms with Crippen molar-refractivity contribution < 1.29 is 9.59 Å². The van der Waals surface area contributed by atoms with E-state index in [0.29, 0.717) is 0 Å². The van der Waals surface area contributed by atoms with Crippen molar-refractivity contribution in [3.63, 3.8) is 0 Å². The van der Waals surface area contributed by atoms with Gasteiger partial charge in [0.15, 0.2) is 0 Å². The lowest BCUT2D eigenvalue weighted by Crippen LogP contribution is -2.51. The van der Waals surface area contributed by atoms with E-state index in [2.05, 4.69) is 49.9 Å². The molecular formula is C26H39N2O+. The third-order valence-electron chi connectivity index (χ3n) is 7.36. The number of hydrogen-bond acceptors (Lipinski definition) is 2. The molecule has 1 aliphatic heterocycles. The van der Waals surface area contributed by atoms with E-state index in [0.717, 1.165) is 37.1 Å². The van der Waals surface area contributed by atoms with Crippen molar-refractivity contribution in [1.29, 1.82) is 0 Å². The maximum absolute atomic E-state index is 12.2. The number of quaternary nitrogens is 1. The molecule has 3 heteroatoms. The van der Waals surface area contributed by atoms with E-state index >= 15 is 0 Å². The van der Waals surface area contributed by atoms with Crippen molar-refractivity contribution in [2.24, 2.45) is 0 Å². The van der Waals surface area contributed by atoms with Crippen LogP contribution in [0, 0.1) is 0 Å². The zero-order valence-electron chi connectivity index (χ0n) is 18.6. The Balaban J connectivity index is 1.83. The van der Waals surface area contributed by atoms with Crippen molar-refractivity contribution in [3.8, 4) is 0 Å². The molecule has 1 aliphatic rings. The predicted octanol–water partition coefficient (Wildman–Crippen LogP) is 4.65. The van der Waals surface area contributed by atoms with Gasteiger partial charge in [-0.3, -0.25) is 4.90 Å². The van der Waals surface area contributed by atoms with Crippen LogP contribution in [0.5, 0.6) is 0 Å². The van der Waals surface area contributed by atoms with E-state index in [4.69, 9.17) is 0 Å². The molecule has 158 valence electrons. The highest BCUT2D eigenvalue weighted by Crippen LogP contribution is 2.40. The molecular weight excluding hydrogens is 356 g/mol. The Hall–Kier alpha value is -1.68. The Morgan fingerprint density at radius 1 is 0.897 bits per heavy atom. The maximum Gasteiger partial charge on any atom is 0.130 e. The summed E-state index contributed by atoms with van der Waals surface area (Å²) in [5, 5.41) is 12.2. The molecule has 0 amide bonds. The van der Waals surface area contributed by atoms with Gasteiger partial charge in [-0.2, -0.15) is 0 Å².